The third-order valence-electron chi connectivity index (χ3n) is 4.27. The van der Waals surface area contributed by atoms with Crippen LogP contribution in [-0.2, 0) is 4.74 Å². The molecule has 2 fully saturated rings. The standard InChI is InChI=1S/C14H26N2O3/c1-2-19-13-8-11(9-13)5-6-15-14(18)16-7-3-4-12(16)10-17/h11-13,17H,2-10H2,1H3,(H,15,18)/t11?,12-,13?/m0/s1. The second-order valence-electron chi connectivity index (χ2n) is 5.61. The van der Waals surface area contributed by atoms with Crippen molar-refractivity contribution in [3.63, 3.8) is 0 Å². The molecule has 0 bridgehead atoms. The SMILES string of the molecule is CCOC1CC(CCNC(=O)N2CCC[C@H]2CO)C1. The van der Waals surface area contributed by atoms with Gasteiger partial charge in [-0.15, -0.1) is 0 Å². The monoisotopic (exact) mass is 270 g/mol. The maximum absolute atomic E-state index is 11.9. The van der Waals surface area contributed by atoms with E-state index in [0.29, 0.717) is 12.0 Å². The summed E-state index contributed by atoms with van der Waals surface area (Å²) in [6, 6.07) is 0.00303. The normalized spacial score (nSPS) is 30.2. The van der Waals surface area contributed by atoms with E-state index in [1.165, 1.54) is 0 Å². The quantitative estimate of drug-likeness (QED) is 0.766. The predicted octanol–water partition coefficient (Wildman–Crippen LogP) is 1.36. The van der Waals surface area contributed by atoms with Crippen molar-refractivity contribution in [1.29, 1.82) is 0 Å². The van der Waals surface area contributed by atoms with Crippen LogP contribution < -0.4 is 5.32 Å². The van der Waals surface area contributed by atoms with Crippen molar-refractivity contribution in [3.05, 3.63) is 0 Å². The van der Waals surface area contributed by atoms with E-state index in [4.69, 9.17) is 4.74 Å². The molecule has 2 rings (SSSR count). The Hall–Kier alpha value is -0.810. The number of nitrogens with zero attached hydrogens (tertiary/aromatic N) is 1. The Morgan fingerprint density at radius 2 is 2.26 bits per heavy atom. The Bertz CT molecular complexity index is 292. The van der Waals surface area contributed by atoms with E-state index in [-0.39, 0.29) is 18.7 Å². The van der Waals surface area contributed by atoms with Crippen LogP contribution in [0.5, 0.6) is 0 Å². The second-order valence-corrected chi connectivity index (χ2v) is 5.61. The number of urea groups is 1. The van der Waals surface area contributed by atoms with Gasteiger partial charge in [-0.3, -0.25) is 0 Å². The van der Waals surface area contributed by atoms with Gasteiger partial charge in [-0.25, -0.2) is 4.79 Å². The molecule has 1 aliphatic carbocycles. The number of nitrogens with one attached hydrogen (secondary N) is 1. The molecular formula is C14H26N2O3. The number of likely N-dealkylation sites (tertiary alicyclic amines) is 1. The van der Waals surface area contributed by atoms with Crippen molar-refractivity contribution in [3.8, 4) is 0 Å². The molecule has 1 saturated heterocycles. The summed E-state index contributed by atoms with van der Waals surface area (Å²) < 4.78 is 5.52. The Kier molecular flexibility index (Phi) is 5.45. The highest BCUT2D eigenvalue weighted by molar-refractivity contribution is 5.74. The first-order chi connectivity index (χ1) is 9.24. The van der Waals surface area contributed by atoms with Crippen LogP contribution in [0.4, 0.5) is 4.79 Å². The first kappa shape index (κ1) is 14.6. The summed E-state index contributed by atoms with van der Waals surface area (Å²) in [6.45, 7) is 4.41. The minimum Gasteiger partial charge on any atom is -0.394 e. The highest BCUT2D eigenvalue weighted by Crippen LogP contribution is 2.32. The molecule has 0 radical (unpaired) electrons. The van der Waals surface area contributed by atoms with Gasteiger partial charge >= 0.3 is 6.03 Å². The molecule has 1 heterocycles. The molecule has 1 atom stereocenters. The molecular weight excluding hydrogens is 244 g/mol. The summed E-state index contributed by atoms with van der Waals surface area (Å²) in [7, 11) is 0. The average Bonchev–Trinajstić information content (AvgIpc) is 2.83. The summed E-state index contributed by atoms with van der Waals surface area (Å²) in [6.07, 6.45) is 5.66. The number of hydrogen-bond acceptors (Lipinski definition) is 3. The summed E-state index contributed by atoms with van der Waals surface area (Å²) in [5, 5.41) is 12.2. The summed E-state index contributed by atoms with van der Waals surface area (Å²) in [4.78, 5) is 13.7. The van der Waals surface area contributed by atoms with Gasteiger partial charge in [0.15, 0.2) is 0 Å². The van der Waals surface area contributed by atoms with Gasteiger partial charge in [0.2, 0.25) is 0 Å². The Morgan fingerprint density at radius 3 is 2.95 bits per heavy atom. The molecule has 1 saturated carbocycles. The molecule has 1 aliphatic heterocycles. The fraction of sp³-hybridized carbons (Fsp3) is 0.929. The van der Waals surface area contributed by atoms with Crippen molar-refractivity contribution in [1.82, 2.24) is 10.2 Å². The van der Waals surface area contributed by atoms with E-state index in [0.717, 1.165) is 51.8 Å². The lowest BCUT2D eigenvalue weighted by Gasteiger charge is -2.35. The molecule has 0 aromatic rings. The van der Waals surface area contributed by atoms with Gasteiger partial charge in [-0.05, 0) is 44.9 Å². The maximum Gasteiger partial charge on any atom is 0.317 e. The molecule has 0 aromatic heterocycles. The number of rotatable bonds is 6. The molecule has 0 unspecified atom stereocenters. The lowest BCUT2D eigenvalue weighted by Crippen LogP contribution is -2.45. The molecule has 5 nitrogen and oxygen atoms in total. The Labute approximate surface area is 115 Å². The van der Waals surface area contributed by atoms with Crippen molar-refractivity contribution < 1.29 is 14.6 Å². The van der Waals surface area contributed by atoms with E-state index >= 15 is 0 Å². The largest absolute Gasteiger partial charge is 0.394 e. The van der Waals surface area contributed by atoms with Gasteiger partial charge in [0.1, 0.15) is 0 Å². The number of hydrogen-bond donors (Lipinski definition) is 2. The van der Waals surface area contributed by atoms with Gasteiger partial charge in [0.05, 0.1) is 18.8 Å². The smallest absolute Gasteiger partial charge is 0.317 e. The number of amides is 2. The van der Waals surface area contributed by atoms with Crippen molar-refractivity contribution in [2.45, 2.75) is 51.2 Å². The zero-order valence-electron chi connectivity index (χ0n) is 11.8. The zero-order valence-corrected chi connectivity index (χ0v) is 11.8. The van der Waals surface area contributed by atoms with Crippen molar-refractivity contribution >= 4 is 6.03 Å². The van der Waals surface area contributed by atoms with Crippen LogP contribution >= 0.6 is 0 Å². The third-order valence-corrected chi connectivity index (χ3v) is 4.27. The Morgan fingerprint density at radius 1 is 1.47 bits per heavy atom. The van der Waals surface area contributed by atoms with E-state index in [1.807, 2.05) is 6.92 Å². The first-order valence-corrected chi connectivity index (χ1v) is 7.51. The van der Waals surface area contributed by atoms with Crippen LogP contribution in [0.1, 0.15) is 39.0 Å². The molecule has 2 N–H and O–H groups in total. The fourth-order valence-corrected chi connectivity index (χ4v) is 3.06. The molecule has 19 heavy (non-hydrogen) atoms. The minimum absolute atomic E-state index is 0.0165. The predicted molar refractivity (Wildman–Crippen MR) is 73.0 cm³/mol. The van der Waals surface area contributed by atoms with E-state index in [9.17, 15) is 9.90 Å². The lowest BCUT2D eigenvalue weighted by atomic mass is 9.80. The van der Waals surface area contributed by atoms with Gasteiger partial charge < -0.3 is 20.1 Å². The first-order valence-electron chi connectivity index (χ1n) is 7.51. The van der Waals surface area contributed by atoms with E-state index in [1.54, 1.807) is 4.90 Å². The minimum atomic E-state index is -0.0165. The summed E-state index contributed by atoms with van der Waals surface area (Å²) >= 11 is 0. The van der Waals surface area contributed by atoms with E-state index in [2.05, 4.69) is 5.32 Å². The Balaban J connectivity index is 1.57. The molecule has 2 amide bonds. The summed E-state index contributed by atoms with van der Waals surface area (Å²) in [5.74, 6) is 0.698. The second kappa shape index (κ2) is 7.10. The van der Waals surface area contributed by atoms with Crippen LogP contribution in [0.25, 0.3) is 0 Å². The van der Waals surface area contributed by atoms with Gasteiger partial charge in [-0.1, -0.05) is 0 Å². The maximum atomic E-state index is 11.9. The van der Waals surface area contributed by atoms with Crippen LogP contribution in [0, 0.1) is 5.92 Å². The van der Waals surface area contributed by atoms with Crippen LogP contribution in [0.2, 0.25) is 0 Å². The van der Waals surface area contributed by atoms with Crippen LogP contribution in [0.3, 0.4) is 0 Å². The number of carbonyl (C=O) groups is 1. The number of aliphatic hydroxyl groups excluding tert-OH is 1. The van der Waals surface area contributed by atoms with Crippen molar-refractivity contribution in [2.24, 2.45) is 5.92 Å². The molecule has 0 spiro atoms. The zero-order chi connectivity index (χ0) is 13.7. The highest BCUT2D eigenvalue weighted by Gasteiger charge is 2.30. The topological polar surface area (TPSA) is 61.8 Å². The molecule has 110 valence electrons. The highest BCUT2D eigenvalue weighted by atomic mass is 16.5. The average molecular weight is 270 g/mol. The number of aliphatic hydroxyl groups is 1. The van der Waals surface area contributed by atoms with E-state index < -0.39 is 0 Å². The van der Waals surface area contributed by atoms with Gasteiger partial charge in [0, 0.05) is 19.7 Å². The number of ether oxygens (including phenoxy) is 1. The van der Waals surface area contributed by atoms with Gasteiger partial charge in [0.25, 0.3) is 0 Å². The molecule has 0 aromatic carbocycles. The molecule has 5 heteroatoms. The lowest BCUT2D eigenvalue weighted by molar-refractivity contribution is -0.0261. The van der Waals surface area contributed by atoms with Crippen LogP contribution in [0.15, 0.2) is 0 Å². The van der Waals surface area contributed by atoms with Crippen molar-refractivity contribution in [2.75, 3.05) is 26.3 Å². The third kappa shape index (κ3) is 3.83. The summed E-state index contributed by atoms with van der Waals surface area (Å²) in [5.41, 5.74) is 0. The van der Waals surface area contributed by atoms with Gasteiger partial charge in [-0.2, -0.15) is 0 Å². The fourth-order valence-electron chi connectivity index (χ4n) is 3.06. The van der Waals surface area contributed by atoms with Crippen LogP contribution in [-0.4, -0.2) is 54.5 Å². The number of carbonyl (C=O) groups excluding carboxylic acids is 1. The molecule has 2 aliphatic rings.